The Kier molecular flexibility index (Phi) is 11.1. The highest BCUT2D eigenvalue weighted by atomic mass is 79.9. The molecule has 1 N–H and O–H groups in total. The van der Waals surface area contributed by atoms with Crippen molar-refractivity contribution < 1.29 is 18.0 Å². The van der Waals surface area contributed by atoms with Crippen molar-refractivity contribution >= 4 is 59.4 Å². The van der Waals surface area contributed by atoms with Crippen molar-refractivity contribution in [1.82, 2.24) is 10.2 Å². The zero-order chi connectivity index (χ0) is 31.8. The van der Waals surface area contributed by atoms with E-state index in [1.807, 2.05) is 54.6 Å². The van der Waals surface area contributed by atoms with E-state index in [-0.39, 0.29) is 29.8 Å². The molecule has 7 nitrogen and oxygen atoms in total. The van der Waals surface area contributed by atoms with Gasteiger partial charge in [-0.2, -0.15) is 0 Å². The van der Waals surface area contributed by atoms with Crippen LogP contribution in [0.15, 0.2) is 123 Å². The molecule has 1 saturated carbocycles. The van der Waals surface area contributed by atoms with Gasteiger partial charge in [-0.05, 0) is 72.5 Å². The largest absolute Gasteiger partial charge is 0.352 e. The molecule has 0 aliphatic heterocycles. The number of hydrogen-bond acceptors (Lipinski definition) is 4. The Morgan fingerprint density at radius 1 is 0.756 bits per heavy atom. The molecule has 0 spiro atoms. The SMILES string of the molecule is O=C(NC1CCCC1)[C@H](Cc1ccccc1)N(Cc1ccc(Br)cc1)C(=O)CN(c1ccc(Br)cc1)S(=O)(=O)c1ccccc1. The van der Waals surface area contributed by atoms with Crippen molar-refractivity contribution in [2.24, 2.45) is 0 Å². The van der Waals surface area contributed by atoms with Crippen LogP contribution in [0.2, 0.25) is 0 Å². The molecular weight excluding hydrogens is 718 g/mol. The molecule has 45 heavy (non-hydrogen) atoms. The van der Waals surface area contributed by atoms with E-state index in [0.29, 0.717) is 5.69 Å². The molecular formula is C35H35Br2N3O4S. The van der Waals surface area contributed by atoms with Gasteiger partial charge < -0.3 is 10.2 Å². The third-order valence-electron chi connectivity index (χ3n) is 7.96. The van der Waals surface area contributed by atoms with Gasteiger partial charge in [0.25, 0.3) is 10.0 Å². The molecule has 10 heteroatoms. The number of sulfonamides is 1. The highest BCUT2D eigenvalue weighted by Gasteiger charge is 2.35. The molecule has 0 bridgehead atoms. The quantitative estimate of drug-likeness (QED) is 0.167. The summed E-state index contributed by atoms with van der Waals surface area (Å²) in [5.41, 5.74) is 2.06. The van der Waals surface area contributed by atoms with Crippen molar-refractivity contribution in [3.63, 3.8) is 0 Å². The predicted molar refractivity (Wildman–Crippen MR) is 184 cm³/mol. The maximum Gasteiger partial charge on any atom is 0.264 e. The molecule has 1 aliphatic carbocycles. The van der Waals surface area contributed by atoms with Crippen LogP contribution in [0.5, 0.6) is 0 Å². The summed E-state index contributed by atoms with van der Waals surface area (Å²) in [5.74, 6) is -0.722. The van der Waals surface area contributed by atoms with Crippen LogP contribution in [0.3, 0.4) is 0 Å². The first-order valence-electron chi connectivity index (χ1n) is 14.9. The molecule has 5 rings (SSSR count). The van der Waals surface area contributed by atoms with Crippen LogP contribution >= 0.6 is 31.9 Å². The first-order valence-corrected chi connectivity index (χ1v) is 17.9. The Morgan fingerprint density at radius 2 is 1.31 bits per heavy atom. The van der Waals surface area contributed by atoms with E-state index in [4.69, 9.17) is 0 Å². The average molecular weight is 754 g/mol. The van der Waals surface area contributed by atoms with Crippen LogP contribution in [0.25, 0.3) is 0 Å². The molecule has 0 saturated heterocycles. The topological polar surface area (TPSA) is 86.8 Å². The Labute approximate surface area is 281 Å². The zero-order valence-electron chi connectivity index (χ0n) is 24.7. The van der Waals surface area contributed by atoms with E-state index in [9.17, 15) is 18.0 Å². The fourth-order valence-electron chi connectivity index (χ4n) is 5.56. The lowest BCUT2D eigenvalue weighted by Crippen LogP contribution is -2.54. The molecule has 0 radical (unpaired) electrons. The van der Waals surface area contributed by atoms with Crippen LogP contribution < -0.4 is 9.62 Å². The van der Waals surface area contributed by atoms with Gasteiger partial charge in [-0.3, -0.25) is 13.9 Å². The molecule has 1 atom stereocenters. The minimum atomic E-state index is -4.13. The summed E-state index contributed by atoms with van der Waals surface area (Å²) >= 11 is 6.89. The molecule has 1 fully saturated rings. The van der Waals surface area contributed by atoms with Crippen molar-refractivity contribution in [2.75, 3.05) is 10.8 Å². The number of halogens is 2. The third kappa shape index (κ3) is 8.62. The Balaban J connectivity index is 1.55. The van der Waals surface area contributed by atoms with Gasteiger partial charge in [0, 0.05) is 28.0 Å². The summed E-state index contributed by atoms with van der Waals surface area (Å²) < 4.78 is 30.9. The van der Waals surface area contributed by atoms with Crippen molar-refractivity contribution in [3.05, 3.63) is 129 Å². The molecule has 2 amide bonds. The normalized spacial score (nSPS) is 14.1. The van der Waals surface area contributed by atoms with Gasteiger partial charge in [0.2, 0.25) is 11.8 Å². The highest BCUT2D eigenvalue weighted by Crippen LogP contribution is 2.27. The summed E-state index contributed by atoms with van der Waals surface area (Å²) in [6.45, 7) is -0.362. The summed E-state index contributed by atoms with van der Waals surface area (Å²) in [6, 6.07) is 31.2. The number of hydrogen-bond donors (Lipinski definition) is 1. The van der Waals surface area contributed by atoms with E-state index in [2.05, 4.69) is 37.2 Å². The van der Waals surface area contributed by atoms with Crippen LogP contribution in [0, 0.1) is 0 Å². The highest BCUT2D eigenvalue weighted by molar-refractivity contribution is 9.10. The Hall–Kier alpha value is -3.47. The van der Waals surface area contributed by atoms with Gasteiger partial charge in [-0.1, -0.05) is 105 Å². The molecule has 4 aromatic rings. The number of benzene rings is 4. The van der Waals surface area contributed by atoms with Gasteiger partial charge in [0.1, 0.15) is 12.6 Å². The minimum Gasteiger partial charge on any atom is -0.352 e. The van der Waals surface area contributed by atoms with E-state index in [0.717, 1.165) is 50.1 Å². The van der Waals surface area contributed by atoms with Gasteiger partial charge >= 0.3 is 0 Å². The van der Waals surface area contributed by atoms with Crippen LogP contribution in [-0.4, -0.2) is 43.8 Å². The fourth-order valence-corrected chi connectivity index (χ4v) is 7.53. The Bertz CT molecular complexity index is 1680. The predicted octanol–water partition coefficient (Wildman–Crippen LogP) is 7.11. The second kappa shape index (κ2) is 15.2. The lowest BCUT2D eigenvalue weighted by molar-refractivity contribution is -0.140. The van der Waals surface area contributed by atoms with Crippen molar-refractivity contribution in [2.45, 2.75) is 55.6 Å². The van der Waals surface area contributed by atoms with Crippen LogP contribution in [0.1, 0.15) is 36.8 Å². The molecule has 0 unspecified atom stereocenters. The monoisotopic (exact) mass is 751 g/mol. The smallest absolute Gasteiger partial charge is 0.264 e. The number of nitrogens with zero attached hydrogens (tertiary/aromatic N) is 2. The number of nitrogens with one attached hydrogen (secondary N) is 1. The number of carbonyl (C=O) groups is 2. The molecule has 0 aromatic heterocycles. The standard InChI is InChI=1S/C35H35Br2N3O4S/c36-28-17-15-27(16-18-28)24-39(33(23-26-9-3-1-4-10-26)35(42)38-30-11-7-8-12-30)34(41)25-40(31-21-19-29(37)20-22-31)45(43,44)32-13-5-2-6-14-32/h1-6,9-10,13-22,30,33H,7-8,11-12,23-25H2,(H,38,42)/t33-/m0/s1. The molecule has 1 aliphatic rings. The number of carbonyl (C=O) groups excluding carboxylic acids is 2. The van der Waals surface area contributed by atoms with E-state index in [1.165, 1.54) is 17.0 Å². The first-order chi connectivity index (χ1) is 21.7. The van der Waals surface area contributed by atoms with Gasteiger partial charge in [-0.15, -0.1) is 0 Å². The fraction of sp³-hybridized carbons (Fsp3) is 0.257. The summed E-state index contributed by atoms with van der Waals surface area (Å²) in [7, 11) is -4.13. The number of rotatable bonds is 12. The maximum atomic E-state index is 14.5. The zero-order valence-corrected chi connectivity index (χ0v) is 28.7. The summed E-state index contributed by atoms with van der Waals surface area (Å²) in [4.78, 5) is 30.2. The van der Waals surface area contributed by atoms with E-state index < -0.39 is 28.5 Å². The van der Waals surface area contributed by atoms with Crippen molar-refractivity contribution in [1.29, 1.82) is 0 Å². The van der Waals surface area contributed by atoms with Crippen molar-refractivity contribution in [3.8, 4) is 0 Å². The number of anilines is 1. The summed E-state index contributed by atoms with van der Waals surface area (Å²) in [6.07, 6.45) is 4.18. The molecule has 234 valence electrons. The van der Waals surface area contributed by atoms with Gasteiger partial charge in [0.15, 0.2) is 0 Å². The Morgan fingerprint density at radius 3 is 1.91 bits per heavy atom. The maximum absolute atomic E-state index is 14.5. The second-order valence-electron chi connectivity index (χ2n) is 11.1. The minimum absolute atomic E-state index is 0.0538. The lowest BCUT2D eigenvalue weighted by Gasteiger charge is -2.34. The number of amides is 2. The lowest BCUT2D eigenvalue weighted by atomic mass is 10.0. The third-order valence-corrected chi connectivity index (χ3v) is 10.8. The van der Waals surface area contributed by atoms with E-state index in [1.54, 1.807) is 42.5 Å². The van der Waals surface area contributed by atoms with Gasteiger partial charge in [-0.25, -0.2) is 8.42 Å². The van der Waals surface area contributed by atoms with E-state index >= 15 is 0 Å². The van der Waals surface area contributed by atoms with Gasteiger partial charge in [0.05, 0.1) is 10.6 Å². The molecule has 4 aromatic carbocycles. The van der Waals surface area contributed by atoms with Crippen LogP contribution in [-0.2, 0) is 32.6 Å². The molecule has 0 heterocycles. The van der Waals surface area contributed by atoms with Crippen LogP contribution in [0.4, 0.5) is 5.69 Å². The summed E-state index contributed by atoms with van der Waals surface area (Å²) in [5, 5.41) is 3.20. The second-order valence-corrected chi connectivity index (χ2v) is 14.8. The average Bonchev–Trinajstić information content (AvgIpc) is 3.57. The first kappa shape index (κ1) is 32.9.